The van der Waals surface area contributed by atoms with E-state index in [0.717, 1.165) is 17.7 Å². The summed E-state index contributed by atoms with van der Waals surface area (Å²) in [6.45, 7) is 7.84. The number of rotatable bonds is 6. The van der Waals surface area contributed by atoms with Crippen LogP contribution in [-0.2, 0) is 28.7 Å². The maximum Gasteiger partial charge on any atom is 0.239 e. The highest BCUT2D eigenvalue weighted by atomic mass is 32.2. The summed E-state index contributed by atoms with van der Waals surface area (Å²) in [4.78, 5) is 4.25. The van der Waals surface area contributed by atoms with Crippen LogP contribution in [0.4, 0.5) is 0 Å². The van der Waals surface area contributed by atoms with E-state index in [9.17, 15) is 4.21 Å². The molecule has 0 aliphatic heterocycles. The van der Waals surface area contributed by atoms with Gasteiger partial charge in [0, 0.05) is 22.8 Å². The Bertz CT molecular complexity index is 584. The fraction of sp³-hybridized carbons (Fsp3) is 0.615. The molecule has 1 atom stereocenters. The van der Waals surface area contributed by atoms with Crippen LogP contribution >= 0.6 is 0 Å². The minimum atomic E-state index is -1.12. The minimum absolute atomic E-state index is 0.259. The molecule has 0 aliphatic rings. The van der Waals surface area contributed by atoms with Crippen molar-refractivity contribution in [2.75, 3.05) is 0 Å². The first-order valence-electron chi connectivity index (χ1n) is 6.54. The van der Waals surface area contributed by atoms with Crippen molar-refractivity contribution in [2.24, 2.45) is 5.92 Å². The molecule has 0 N–H and O–H groups in total. The van der Waals surface area contributed by atoms with Gasteiger partial charge in [0.2, 0.25) is 5.89 Å². The number of aromatic nitrogens is 3. The van der Waals surface area contributed by atoms with Gasteiger partial charge in [0.1, 0.15) is 11.5 Å². The molecule has 0 spiro atoms. The molecule has 0 saturated heterocycles. The van der Waals surface area contributed by atoms with Crippen LogP contribution in [0.5, 0.6) is 0 Å². The quantitative estimate of drug-likeness (QED) is 0.813. The average Bonchev–Trinajstić information content (AvgIpc) is 2.90. The standard InChI is InChI=1S/C13H19N3O3S/c1-8(2)5-12-14-13(19-16-12)7-20(17)6-11-9(3)15-18-10(11)4/h8H,5-7H2,1-4H3. The van der Waals surface area contributed by atoms with Gasteiger partial charge in [0.25, 0.3) is 0 Å². The van der Waals surface area contributed by atoms with Crippen LogP contribution in [0.15, 0.2) is 9.05 Å². The van der Waals surface area contributed by atoms with Crippen molar-refractivity contribution in [1.29, 1.82) is 0 Å². The summed E-state index contributed by atoms with van der Waals surface area (Å²) in [6, 6.07) is 0. The minimum Gasteiger partial charge on any atom is -0.361 e. The molecular weight excluding hydrogens is 278 g/mol. The van der Waals surface area contributed by atoms with Gasteiger partial charge >= 0.3 is 0 Å². The molecule has 2 rings (SSSR count). The number of hydrogen-bond acceptors (Lipinski definition) is 6. The lowest BCUT2D eigenvalue weighted by Crippen LogP contribution is -2.02. The molecule has 2 aromatic heterocycles. The Hall–Kier alpha value is -1.50. The molecular formula is C13H19N3O3S. The molecule has 6 nitrogen and oxygen atoms in total. The van der Waals surface area contributed by atoms with E-state index in [2.05, 4.69) is 29.1 Å². The highest BCUT2D eigenvalue weighted by molar-refractivity contribution is 7.83. The molecule has 1 unspecified atom stereocenters. The second-order valence-corrected chi connectivity index (χ2v) is 6.69. The third kappa shape index (κ3) is 3.75. The third-order valence-electron chi connectivity index (χ3n) is 2.87. The van der Waals surface area contributed by atoms with E-state index in [1.54, 1.807) is 0 Å². The number of aryl methyl sites for hydroxylation is 2. The van der Waals surface area contributed by atoms with Crippen LogP contribution < -0.4 is 0 Å². The van der Waals surface area contributed by atoms with E-state index in [-0.39, 0.29) is 5.75 Å². The molecule has 110 valence electrons. The molecule has 2 aromatic rings. The summed E-state index contributed by atoms with van der Waals surface area (Å²) >= 11 is 0. The van der Waals surface area contributed by atoms with E-state index in [0.29, 0.717) is 29.1 Å². The maximum atomic E-state index is 12.1. The van der Waals surface area contributed by atoms with Gasteiger partial charge in [-0.3, -0.25) is 4.21 Å². The Balaban J connectivity index is 1.96. The summed E-state index contributed by atoms with van der Waals surface area (Å²) < 4.78 is 22.3. The van der Waals surface area contributed by atoms with Gasteiger partial charge in [0.05, 0.1) is 11.4 Å². The van der Waals surface area contributed by atoms with Crippen molar-refractivity contribution in [1.82, 2.24) is 15.3 Å². The fourth-order valence-electron chi connectivity index (χ4n) is 1.85. The van der Waals surface area contributed by atoms with E-state index in [1.807, 2.05) is 13.8 Å². The Kier molecular flexibility index (Phi) is 4.69. The third-order valence-corrected chi connectivity index (χ3v) is 4.05. The van der Waals surface area contributed by atoms with Gasteiger partial charge in [0.15, 0.2) is 5.82 Å². The van der Waals surface area contributed by atoms with Crippen LogP contribution in [0, 0.1) is 19.8 Å². The average molecular weight is 297 g/mol. The second-order valence-electron chi connectivity index (χ2n) is 5.23. The highest BCUT2D eigenvalue weighted by Crippen LogP contribution is 2.16. The zero-order chi connectivity index (χ0) is 14.7. The smallest absolute Gasteiger partial charge is 0.239 e. The summed E-state index contributed by atoms with van der Waals surface area (Å²) in [5.41, 5.74) is 1.67. The lowest BCUT2D eigenvalue weighted by molar-refractivity contribution is 0.381. The predicted octanol–water partition coefficient (Wildman–Crippen LogP) is 2.32. The van der Waals surface area contributed by atoms with Crippen LogP contribution in [-0.4, -0.2) is 19.5 Å². The molecule has 0 bridgehead atoms. The molecule has 20 heavy (non-hydrogen) atoms. The van der Waals surface area contributed by atoms with E-state index in [4.69, 9.17) is 9.05 Å². The monoisotopic (exact) mass is 297 g/mol. The topological polar surface area (TPSA) is 82.0 Å². The Morgan fingerprint density at radius 1 is 1.15 bits per heavy atom. The molecule has 2 heterocycles. The zero-order valence-electron chi connectivity index (χ0n) is 12.2. The van der Waals surface area contributed by atoms with Crippen LogP contribution in [0.2, 0.25) is 0 Å². The SMILES string of the molecule is Cc1noc(C)c1CS(=O)Cc1nc(CC(C)C)no1. The highest BCUT2D eigenvalue weighted by Gasteiger charge is 2.16. The summed E-state index contributed by atoms with van der Waals surface area (Å²) in [6.07, 6.45) is 0.764. The van der Waals surface area contributed by atoms with Crippen molar-refractivity contribution in [2.45, 2.75) is 45.6 Å². The summed E-state index contributed by atoms with van der Waals surface area (Å²) in [5, 5.41) is 7.74. The molecule has 0 saturated carbocycles. The second kappa shape index (κ2) is 6.30. The van der Waals surface area contributed by atoms with Crippen molar-refractivity contribution >= 4 is 10.8 Å². The van der Waals surface area contributed by atoms with Crippen molar-refractivity contribution < 1.29 is 13.3 Å². The van der Waals surface area contributed by atoms with Gasteiger partial charge in [-0.1, -0.05) is 24.2 Å². The fourth-order valence-corrected chi connectivity index (χ4v) is 3.08. The van der Waals surface area contributed by atoms with Crippen molar-refractivity contribution in [3.05, 3.63) is 28.7 Å². The molecule has 0 radical (unpaired) electrons. The Labute approximate surface area is 120 Å². The normalized spacial score (nSPS) is 13.1. The predicted molar refractivity (Wildman–Crippen MR) is 74.4 cm³/mol. The van der Waals surface area contributed by atoms with E-state index >= 15 is 0 Å². The van der Waals surface area contributed by atoms with E-state index < -0.39 is 10.8 Å². The lowest BCUT2D eigenvalue weighted by Gasteiger charge is -1.98. The molecule has 0 fully saturated rings. The van der Waals surface area contributed by atoms with Gasteiger partial charge in [-0.05, 0) is 19.8 Å². The summed E-state index contributed by atoms with van der Waals surface area (Å²) in [5.74, 6) is 2.92. The first-order valence-corrected chi connectivity index (χ1v) is 8.02. The molecule has 0 aromatic carbocycles. The van der Waals surface area contributed by atoms with Gasteiger partial charge in [-0.15, -0.1) is 0 Å². The van der Waals surface area contributed by atoms with Gasteiger partial charge < -0.3 is 9.05 Å². The zero-order valence-corrected chi connectivity index (χ0v) is 13.0. The van der Waals surface area contributed by atoms with Gasteiger partial charge in [-0.25, -0.2) is 0 Å². The van der Waals surface area contributed by atoms with Crippen LogP contribution in [0.3, 0.4) is 0 Å². The van der Waals surface area contributed by atoms with Gasteiger partial charge in [-0.2, -0.15) is 4.98 Å². The van der Waals surface area contributed by atoms with Crippen molar-refractivity contribution in [3.63, 3.8) is 0 Å². The maximum absolute atomic E-state index is 12.1. The van der Waals surface area contributed by atoms with E-state index in [1.165, 1.54) is 0 Å². The number of nitrogens with zero attached hydrogens (tertiary/aromatic N) is 3. The van der Waals surface area contributed by atoms with Crippen LogP contribution in [0.25, 0.3) is 0 Å². The van der Waals surface area contributed by atoms with Crippen molar-refractivity contribution in [3.8, 4) is 0 Å². The largest absolute Gasteiger partial charge is 0.361 e. The Morgan fingerprint density at radius 3 is 2.50 bits per heavy atom. The summed E-state index contributed by atoms with van der Waals surface area (Å²) in [7, 11) is -1.12. The molecule has 7 heteroatoms. The first-order chi connectivity index (χ1) is 9.45. The van der Waals surface area contributed by atoms with Crippen LogP contribution in [0.1, 0.15) is 42.6 Å². The number of hydrogen-bond donors (Lipinski definition) is 0. The molecule has 0 amide bonds. The first kappa shape index (κ1) is 14.9. The Morgan fingerprint density at radius 2 is 1.90 bits per heavy atom. The lowest BCUT2D eigenvalue weighted by atomic mass is 10.1. The molecule has 0 aliphatic carbocycles.